The number of rotatable bonds is 6. The number of aryl methyl sites for hydroxylation is 1. The number of hydrogen-bond acceptors (Lipinski definition) is 2. The van der Waals surface area contributed by atoms with Gasteiger partial charge in [0.1, 0.15) is 11.6 Å². The Morgan fingerprint density at radius 3 is 2.77 bits per heavy atom. The molecule has 0 aromatic heterocycles. The van der Waals surface area contributed by atoms with Gasteiger partial charge in [0.25, 0.3) is 5.91 Å². The van der Waals surface area contributed by atoms with Crippen molar-refractivity contribution in [2.24, 2.45) is 0 Å². The molecular formula is C17H17ClFNO2. The SMILES string of the molecule is Cc1cc(Cl)ccc1OCC(=O)NCCc1ccccc1F. The van der Waals surface area contributed by atoms with Gasteiger partial charge >= 0.3 is 0 Å². The summed E-state index contributed by atoms with van der Waals surface area (Å²) in [4.78, 5) is 11.7. The number of amides is 1. The predicted molar refractivity (Wildman–Crippen MR) is 84.8 cm³/mol. The van der Waals surface area contributed by atoms with Crippen molar-refractivity contribution in [2.75, 3.05) is 13.2 Å². The highest BCUT2D eigenvalue weighted by Gasteiger charge is 2.06. The molecular weight excluding hydrogens is 305 g/mol. The third-order valence-electron chi connectivity index (χ3n) is 3.17. The normalized spacial score (nSPS) is 10.3. The Morgan fingerprint density at radius 1 is 1.27 bits per heavy atom. The highest BCUT2D eigenvalue weighted by Crippen LogP contribution is 2.21. The molecule has 0 aliphatic carbocycles. The fourth-order valence-corrected chi connectivity index (χ4v) is 2.23. The molecule has 3 nitrogen and oxygen atoms in total. The van der Waals surface area contributed by atoms with Gasteiger partial charge in [-0.1, -0.05) is 29.8 Å². The van der Waals surface area contributed by atoms with Crippen LogP contribution in [0.4, 0.5) is 4.39 Å². The topological polar surface area (TPSA) is 38.3 Å². The molecule has 0 atom stereocenters. The van der Waals surface area contributed by atoms with E-state index in [4.69, 9.17) is 16.3 Å². The Hall–Kier alpha value is -2.07. The minimum atomic E-state index is -0.259. The Bertz CT molecular complexity index is 661. The molecule has 116 valence electrons. The fourth-order valence-electron chi connectivity index (χ4n) is 2.01. The number of carbonyl (C=O) groups excluding carboxylic acids is 1. The Balaban J connectivity index is 1.75. The Labute approximate surface area is 134 Å². The van der Waals surface area contributed by atoms with Crippen molar-refractivity contribution in [1.82, 2.24) is 5.32 Å². The van der Waals surface area contributed by atoms with Crippen molar-refractivity contribution in [3.05, 3.63) is 64.4 Å². The van der Waals surface area contributed by atoms with E-state index in [-0.39, 0.29) is 18.3 Å². The first-order valence-electron chi connectivity index (χ1n) is 6.95. The molecule has 1 N–H and O–H groups in total. The second kappa shape index (κ2) is 7.80. The van der Waals surface area contributed by atoms with Crippen LogP contribution >= 0.6 is 11.6 Å². The van der Waals surface area contributed by atoms with Crippen molar-refractivity contribution in [3.63, 3.8) is 0 Å². The molecule has 0 radical (unpaired) electrons. The summed E-state index contributed by atoms with van der Waals surface area (Å²) >= 11 is 5.85. The van der Waals surface area contributed by atoms with Crippen LogP contribution in [0.2, 0.25) is 5.02 Å². The van der Waals surface area contributed by atoms with Crippen LogP contribution in [0.25, 0.3) is 0 Å². The average Bonchev–Trinajstić information content (AvgIpc) is 2.48. The van der Waals surface area contributed by atoms with Crippen molar-refractivity contribution < 1.29 is 13.9 Å². The maximum atomic E-state index is 13.4. The second-order valence-corrected chi connectivity index (χ2v) is 5.33. The lowest BCUT2D eigenvalue weighted by molar-refractivity contribution is -0.123. The van der Waals surface area contributed by atoms with Gasteiger partial charge in [-0.25, -0.2) is 4.39 Å². The zero-order chi connectivity index (χ0) is 15.9. The minimum absolute atomic E-state index is 0.0836. The first-order valence-corrected chi connectivity index (χ1v) is 7.33. The van der Waals surface area contributed by atoms with Gasteiger partial charge in [0.15, 0.2) is 6.61 Å². The summed E-state index contributed by atoms with van der Waals surface area (Å²) < 4.78 is 18.8. The summed E-state index contributed by atoms with van der Waals surface area (Å²) in [5, 5.41) is 3.33. The first kappa shape index (κ1) is 16.3. The molecule has 0 saturated heterocycles. The van der Waals surface area contributed by atoms with Crippen LogP contribution in [0.1, 0.15) is 11.1 Å². The number of hydrogen-bond donors (Lipinski definition) is 1. The van der Waals surface area contributed by atoms with Crippen LogP contribution in [0.15, 0.2) is 42.5 Å². The Kier molecular flexibility index (Phi) is 5.78. The molecule has 5 heteroatoms. The quantitative estimate of drug-likeness (QED) is 0.884. The zero-order valence-corrected chi connectivity index (χ0v) is 13.0. The summed E-state index contributed by atoms with van der Waals surface area (Å²) in [5.74, 6) is 0.115. The van der Waals surface area contributed by atoms with Gasteiger partial charge in [-0.2, -0.15) is 0 Å². The molecule has 2 aromatic rings. The van der Waals surface area contributed by atoms with Crippen LogP contribution in [0.5, 0.6) is 5.75 Å². The lowest BCUT2D eigenvalue weighted by atomic mass is 10.1. The van der Waals surface area contributed by atoms with Crippen molar-refractivity contribution in [1.29, 1.82) is 0 Å². The number of nitrogens with one attached hydrogen (secondary N) is 1. The van der Waals surface area contributed by atoms with E-state index in [0.717, 1.165) is 5.56 Å². The summed E-state index contributed by atoms with van der Waals surface area (Å²) in [5.41, 5.74) is 1.45. The van der Waals surface area contributed by atoms with Crippen molar-refractivity contribution in [3.8, 4) is 5.75 Å². The standard InChI is InChI=1S/C17H17ClFNO2/c1-12-10-14(18)6-7-16(12)22-11-17(21)20-9-8-13-4-2-3-5-15(13)19/h2-7,10H,8-9,11H2,1H3,(H,20,21). The summed E-state index contributed by atoms with van der Waals surface area (Å²) in [6.45, 7) is 2.14. The van der Waals surface area contributed by atoms with Crippen molar-refractivity contribution in [2.45, 2.75) is 13.3 Å². The molecule has 1 amide bonds. The summed E-state index contributed by atoms with van der Waals surface area (Å²) in [7, 11) is 0. The van der Waals surface area contributed by atoms with Crippen LogP contribution in [0, 0.1) is 12.7 Å². The van der Waals surface area contributed by atoms with Crippen LogP contribution < -0.4 is 10.1 Å². The number of ether oxygens (including phenoxy) is 1. The zero-order valence-electron chi connectivity index (χ0n) is 12.2. The van der Waals surface area contributed by atoms with Crippen LogP contribution in [0.3, 0.4) is 0 Å². The van der Waals surface area contributed by atoms with Gasteiger partial charge in [-0.05, 0) is 48.7 Å². The molecule has 0 aliphatic rings. The number of carbonyl (C=O) groups is 1. The molecule has 0 aliphatic heterocycles. The third-order valence-corrected chi connectivity index (χ3v) is 3.41. The van der Waals surface area contributed by atoms with Gasteiger partial charge in [0.05, 0.1) is 0 Å². The molecule has 0 saturated carbocycles. The molecule has 22 heavy (non-hydrogen) atoms. The largest absolute Gasteiger partial charge is 0.484 e. The summed E-state index contributed by atoms with van der Waals surface area (Å²) in [6.07, 6.45) is 0.443. The average molecular weight is 322 g/mol. The molecule has 2 rings (SSSR count). The van der Waals surface area contributed by atoms with Gasteiger partial charge in [0, 0.05) is 11.6 Å². The lowest BCUT2D eigenvalue weighted by Crippen LogP contribution is -2.30. The second-order valence-electron chi connectivity index (χ2n) is 4.89. The molecule has 2 aromatic carbocycles. The van der Waals surface area contributed by atoms with E-state index in [1.807, 2.05) is 6.92 Å². The highest BCUT2D eigenvalue weighted by molar-refractivity contribution is 6.30. The molecule has 0 unspecified atom stereocenters. The maximum Gasteiger partial charge on any atom is 0.257 e. The predicted octanol–water partition coefficient (Wildman–Crippen LogP) is 3.53. The van der Waals surface area contributed by atoms with E-state index in [1.165, 1.54) is 6.07 Å². The van der Waals surface area contributed by atoms with E-state index < -0.39 is 0 Å². The van der Waals surface area contributed by atoms with Crippen molar-refractivity contribution >= 4 is 17.5 Å². The Morgan fingerprint density at radius 2 is 2.05 bits per heavy atom. The minimum Gasteiger partial charge on any atom is -0.484 e. The first-order chi connectivity index (χ1) is 10.6. The number of halogens is 2. The van der Waals surface area contributed by atoms with Crippen LogP contribution in [-0.2, 0) is 11.2 Å². The smallest absolute Gasteiger partial charge is 0.257 e. The van der Waals surface area contributed by atoms with Crippen LogP contribution in [-0.4, -0.2) is 19.1 Å². The molecule has 0 bridgehead atoms. The highest BCUT2D eigenvalue weighted by atomic mass is 35.5. The van der Waals surface area contributed by atoms with E-state index in [2.05, 4.69) is 5.32 Å². The lowest BCUT2D eigenvalue weighted by Gasteiger charge is -2.10. The molecule has 0 spiro atoms. The van der Waals surface area contributed by atoms with Gasteiger partial charge in [-0.15, -0.1) is 0 Å². The van der Waals surface area contributed by atoms with E-state index in [1.54, 1.807) is 36.4 Å². The van der Waals surface area contributed by atoms with Gasteiger partial charge in [0.2, 0.25) is 0 Å². The van der Waals surface area contributed by atoms with E-state index >= 15 is 0 Å². The fraction of sp³-hybridized carbons (Fsp3) is 0.235. The van der Waals surface area contributed by atoms with E-state index in [9.17, 15) is 9.18 Å². The molecule has 0 fully saturated rings. The molecule has 0 heterocycles. The monoisotopic (exact) mass is 321 g/mol. The summed E-state index contributed by atoms with van der Waals surface area (Å²) in [6, 6.07) is 11.7. The third kappa shape index (κ3) is 4.74. The van der Waals surface area contributed by atoms with Gasteiger partial charge < -0.3 is 10.1 Å². The van der Waals surface area contributed by atoms with E-state index in [0.29, 0.717) is 29.3 Å². The van der Waals surface area contributed by atoms with Gasteiger partial charge in [-0.3, -0.25) is 4.79 Å². The number of benzene rings is 2. The maximum absolute atomic E-state index is 13.4.